The van der Waals surface area contributed by atoms with E-state index >= 15 is 0 Å². The fourth-order valence-electron chi connectivity index (χ4n) is 0.736. The molecule has 1 N–H and O–H groups in total. The van der Waals surface area contributed by atoms with Crippen molar-refractivity contribution in [2.45, 2.75) is 0 Å². The summed E-state index contributed by atoms with van der Waals surface area (Å²) in [6.07, 6.45) is 2.85. The molecule has 1 aromatic heterocycles. The Labute approximate surface area is 84.3 Å². The number of carbonyl (C=O) groups excluding carboxylic acids is 1. The highest BCUT2D eigenvalue weighted by Gasteiger charge is 2.11. The Morgan fingerprint density at radius 2 is 2.31 bits per heavy atom. The molecule has 13 heavy (non-hydrogen) atoms. The van der Waals surface area contributed by atoms with E-state index in [2.05, 4.69) is 31.3 Å². The van der Waals surface area contributed by atoms with Gasteiger partial charge in [0.1, 0.15) is 12.0 Å². The predicted octanol–water partition coefficient (Wildman–Crippen LogP) is 0.445. The van der Waals surface area contributed by atoms with E-state index in [0.29, 0.717) is 10.2 Å². The molecule has 70 valence electrons. The molecule has 1 amide bonds. The van der Waals surface area contributed by atoms with Crippen molar-refractivity contribution in [1.82, 2.24) is 20.4 Å². The van der Waals surface area contributed by atoms with Crippen molar-refractivity contribution in [1.29, 1.82) is 0 Å². The third-order valence-corrected chi connectivity index (χ3v) is 1.79. The van der Waals surface area contributed by atoms with Gasteiger partial charge in [0, 0.05) is 20.3 Å². The highest BCUT2D eigenvalue weighted by Crippen LogP contribution is 2.11. The molecule has 5 nitrogen and oxygen atoms in total. The van der Waals surface area contributed by atoms with E-state index in [9.17, 15) is 4.79 Å². The first kappa shape index (κ1) is 10.1. The zero-order chi connectivity index (χ0) is 9.84. The average molecular weight is 245 g/mol. The maximum atomic E-state index is 11.4. The van der Waals surface area contributed by atoms with Crippen molar-refractivity contribution >= 4 is 21.8 Å². The second kappa shape index (κ2) is 4.29. The molecule has 0 spiro atoms. The molecular weight excluding hydrogens is 236 g/mol. The van der Waals surface area contributed by atoms with Crippen molar-refractivity contribution in [3.05, 3.63) is 22.7 Å². The maximum absolute atomic E-state index is 11.4. The molecule has 1 heterocycles. The van der Waals surface area contributed by atoms with Gasteiger partial charge in [-0.15, -0.1) is 0 Å². The predicted molar refractivity (Wildman–Crippen MR) is 50.9 cm³/mol. The van der Waals surface area contributed by atoms with Crippen LogP contribution in [0.15, 0.2) is 17.0 Å². The Hall–Kier alpha value is -1.01. The van der Waals surface area contributed by atoms with Gasteiger partial charge in [0.15, 0.2) is 0 Å². The van der Waals surface area contributed by atoms with Crippen LogP contribution in [0, 0.1) is 0 Å². The summed E-state index contributed by atoms with van der Waals surface area (Å²) in [5.41, 5.74) is 2.90. The number of hydrogen-bond acceptors (Lipinski definition) is 4. The van der Waals surface area contributed by atoms with E-state index in [4.69, 9.17) is 0 Å². The van der Waals surface area contributed by atoms with Crippen molar-refractivity contribution in [2.24, 2.45) is 0 Å². The lowest BCUT2D eigenvalue weighted by molar-refractivity contribution is 0.0850. The number of halogens is 1. The second-order valence-electron chi connectivity index (χ2n) is 2.55. The summed E-state index contributed by atoms with van der Waals surface area (Å²) in [5, 5.41) is 1.55. The van der Waals surface area contributed by atoms with Crippen LogP contribution in [0.4, 0.5) is 0 Å². The monoisotopic (exact) mass is 244 g/mol. The molecule has 1 aromatic rings. The number of rotatable bonds is 2. The number of hydrogen-bond donors (Lipinski definition) is 1. The molecule has 0 aromatic carbocycles. The van der Waals surface area contributed by atoms with Gasteiger partial charge in [0.2, 0.25) is 0 Å². The summed E-state index contributed by atoms with van der Waals surface area (Å²) < 4.78 is 0.578. The zero-order valence-corrected chi connectivity index (χ0v) is 8.87. The van der Waals surface area contributed by atoms with Crippen LogP contribution in [0.5, 0.6) is 0 Å². The molecule has 0 unspecified atom stereocenters. The summed E-state index contributed by atoms with van der Waals surface area (Å²) >= 11 is 3.18. The van der Waals surface area contributed by atoms with Crippen molar-refractivity contribution in [3.63, 3.8) is 0 Å². The fourth-order valence-corrected chi connectivity index (χ4v) is 1.14. The molecule has 0 aliphatic carbocycles. The first-order chi connectivity index (χ1) is 6.11. The van der Waals surface area contributed by atoms with Crippen molar-refractivity contribution in [2.75, 3.05) is 14.1 Å². The van der Waals surface area contributed by atoms with Crippen molar-refractivity contribution in [3.8, 4) is 0 Å². The highest BCUT2D eigenvalue weighted by molar-refractivity contribution is 9.10. The minimum absolute atomic E-state index is 0.265. The fraction of sp³-hybridized carbons (Fsp3) is 0.286. The van der Waals surface area contributed by atoms with Gasteiger partial charge in [-0.1, -0.05) is 0 Å². The number of nitrogens with one attached hydrogen (secondary N) is 1. The summed E-state index contributed by atoms with van der Waals surface area (Å²) in [6, 6.07) is 0. The number of nitrogens with zero attached hydrogens (tertiary/aromatic N) is 3. The molecule has 6 heteroatoms. The summed E-state index contributed by atoms with van der Waals surface area (Å²) in [4.78, 5) is 19.0. The Morgan fingerprint density at radius 3 is 2.85 bits per heavy atom. The second-order valence-corrected chi connectivity index (χ2v) is 3.41. The number of carbonyl (C=O) groups is 1. The van der Waals surface area contributed by atoms with Gasteiger partial charge in [-0.25, -0.2) is 15.0 Å². The Bertz CT molecular complexity index is 315. The first-order valence-electron chi connectivity index (χ1n) is 3.55. The third-order valence-electron chi connectivity index (χ3n) is 1.21. The van der Waals surface area contributed by atoms with Crippen molar-refractivity contribution < 1.29 is 4.79 Å². The smallest absolute Gasteiger partial charge is 0.284 e. The van der Waals surface area contributed by atoms with E-state index in [1.165, 1.54) is 12.5 Å². The molecule has 0 saturated heterocycles. The van der Waals surface area contributed by atoms with Gasteiger partial charge in [0.25, 0.3) is 5.91 Å². The Balaban J connectivity index is 2.83. The van der Waals surface area contributed by atoms with Gasteiger partial charge in [-0.2, -0.15) is 0 Å². The molecule has 0 saturated carbocycles. The molecule has 0 aliphatic heterocycles. The molecule has 0 fully saturated rings. The third kappa shape index (κ3) is 2.74. The van der Waals surface area contributed by atoms with E-state index in [-0.39, 0.29) is 5.91 Å². The molecule has 0 atom stereocenters. The first-order valence-corrected chi connectivity index (χ1v) is 4.34. The van der Waals surface area contributed by atoms with Crippen LogP contribution in [0.3, 0.4) is 0 Å². The summed E-state index contributed by atoms with van der Waals surface area (Å²) in [5.74, 6) is -0.265. The highest BCUT2D eigenvalue weighted by atomic mass is 79.9. The Morgan fingerprint density at radius 1 is 1.62 bits per heavy atom. The van der Waals surface area contributed by atoms with Gasteiger partial charge in [-0.3, -0.25) is 10.2 Å². The van der Waals surface area contributed by atoms with Crippen LogP contribution in [-0.2, 0) is 0 Å². The van der Waals surface area contributed by atoms with Gasteiger partial charge < -0.3 is 0 Å². The van der Waals surface area contributed by atoms with E-state index in [1.54, 1.807) is 19.1 Å². The molecule has 0 radical (unpaired) electrons. The summed E-state index contributed by atoms with van der Waals surface area (Å²) in [7, 11) is 3.46. The van der Waals surface area contributed by atoms with Crippen LogP contribution >= 0.6 is 15.9 Å². The quantitative estimate of drug-likeness (QED) is 0.768. The average Bonchev–Trinajstić information content (AvgIpc) is 2.03. The minimum Gasteiger partial charge on any atom is -0.284 e. The molecule has 0 bridgehead atoms. The maximum Gasteiger partial charge on any atom is 0.285 e. The van der Waals surface area contributed by atoms with Crippen LogP contribution in [0.1, 0.15) is 10.5 Å². The molecule has 1 rings (SSSR count). The van der Waals surface area contributed by atoms with Gasteiger partial charge >= 0.3 is 0 Å². The lowest BCUT2D eigenvalue weighted by Crippen LogP contribution is -2.36. The lowest BCUT2D eigenvalue weighted by atomic mass is 10.4. The number of aromatic nitrogens is 2. The van der Waals surface area contributed by atoms with Crippen LogP contribution < -0.4 is 5.43 Å². The Kier molecular flexibility index (Phi) is 3.32. The summed E-state index contributed by atoms with van der Waals surface area (Å²) in [6.45, 7) is 0. The molecular formula is C7H9BrN4O. The SMILES string of the molecule is CN(C)NC(=O)c1ncncc1Br. The van der Waals surface area contributed by atoms with Gasteiger partial charge in [-0.05, 0) is 15.9 Å². The lowest BCUT2D eigenvalue weighted by Gasteiger charge is -2.11. The number of hydrazine groups is 1. The van der Waals surface area contributed by atoms with E-state index in [0.717, 1.165) is 0 Å². The standard InChI is InChI=1S/C7H9BrN4O/c1-12(2)11-7(13)6-5(8)3-9-4-10-6/h3-4H,1-2H3,(H,11,13). The zero-order valence-electron chi connectivity index (χ0n) is 7.28. The largest absolute Gasteiger partial charge is 0.285 e. The minimum atomic E-state index is -0.265. The van der Waals surface area contributed by atoms with E-state index < -0.39 is 0 Å². The van der Waals surface area contributed by atoms with Gasteiger partial charge in [0.05, 0.1) is 4.47 Å². The van der Waals surface area contributed by atoms with Crippen LogP contribution in [0.2, 0.25) is 0 Å². The normalized spacial score (nSPS) is 10.2. The van der Waals surface area contributed by atoms with Crippen LogP contribution in [0.25, 0.3) is 0 Å². The van der Waals surface area contributed by atoms with E-state index in [1.807, 2.05) is 0 Å². The van der Waals surface area contributed by atoms with Crippen LogP contribution in [-0.4, -0.2) is 35.0 Å². The molecule has 0 aliphatic rings. The topological polar surface area (TPSA) is 58.1 Å². The number of amides is 1.